The predicted octanol–water partition coefficient (Wildman–Crippen LogP) is 3.36. The number of carbonyl (C=O) groups excluding carboxylic acids is 1. The fourth-order valence-electron chi connectivity index (χ4n) is 2.32. The first kappa shape index (κ1) is 15.7. The Kier molecular flexibility index (Phi) is 4.21. The summed E-state index contributed by atoms with van der Waals surface area (Å²) in [5.41, 5.74) is 1.66. The quantitative estimate of drug-likeness (QED) is 0.879. The van der Waals surface area contributed by atoms with E-state index in [0.717, 1.165) is 10.2 Å². The van der Waals surface area contributed by atoms with Crippen LogP contribution in [0.25, 0.3) is 10.2 Å². The smallest absolute Gasteiger partial charge is 0.321 e. The van der Waals surface area contributed by atoms with E-state index in [4.69, 9.17) is 5.11 Å². The normalized spacial score (nSPS) is 15.4. The minimum absolute atomic E-state index is 0.162. The number of urea groups is 1. The molecule has 1 unspecified atom stereocenters. The molecule has 0 aliphatic heterocycles. The average molecular weight is 333 g/mol. The SMILES string of the molecule is CC(CN(C)C(=O)Nc1ccc2nc(C3CC3)sc2c1)C(=O)O. The van der Waals surface area contributed by atoms with E-state index >= 15 is 0 Å². The number of carboxylic acid groups (broad SMARTS) is 1. The molecular formula is C16H19N3O3S. The highest BCUT2D eigenvalue weighted by atomic mass is 32.1. The van der Waals surface area contributed by atoms with Gasteiger partial charge in [-0.05, 0) is 31.0 Å². The third-order valence-electron chi connectivity index (χ3n) is 3.90. The van der Waals surface area contributed by atoms with Gasteiger partial charge in [-0.1, -0.05) is 6.92 Å². The van der Waals surface area contributed by atoms with Gasteiger partial charge < -0.3 is 15.3 Å². The number of hydrogen-bond donors (Lipinski definition) is 2. The van der Waals surface area contributed by atoms with Crippen molar-refractivity contribution in [3.63, 3.8) is 0 Å². The zero-order chi connectivity index (χ0) is 16.6. The highest BCUT2D eigenvalue weighted by Gasteiger charge is 2.27. The number of hydrogen-bond acceptors (Lipinski definition) is 4. The first-order valence-corrected chi connectivity index (χ1v) is 8.41. The fourth-order valence-corrected chi connectivity index (χ4v) is 3.49. The molecule has 0 spiro atoms. The van der Waals surface area contributed by atoms with E-state index < -0.39 is 11.9 Å². The Morgan fingerprint density at radius 2 is 2.22 bits per heavy atom. The van der Waals surface area contributed by atoms with E-state index in [9.17, 15) is 9.59 Å². The van der Waals surface area contributed by atoms with Gasteiger partial charge in [-0.25, -0.2) is 9.78 Å². The molecule has 23 heavy (non-hydrogen) atoms. The van der Waals surface area contributed by atoms with Crippen molar-refractivity contribution in [2.24, 2.45) is 5.92 Å². The third-order valence-corrected chi connectivity index (χ3v) is 5.08. The molecule has 1 atom stereocenters. The molecule has 3 rings (SSSR count). The summed E-state index contributed by atoms with van der Waals surface area (Å²) >= 11 is 1.68. The van der Waals surface area contributed by atoms with Crippen LogP contribution in [0.1, 0.15) is 30.7 Å². The summed E-state index contributed by atoms with van der Waals surface area (Å²) in [5.74, 6) is -0.895. The number of aliphatic carboxylic acids is 1. The topological polar surface area (TPSA) is 82.5 Å². The van der Waals surface area contributed by atoms with Crippen molar-refractivity contribution in [1.82, 2.24) is 9.88 Å². The van der Waals surface area contributed by atoms with Gasteiger partial charge >= 0.3 is 12.0 Å². The molecule has 1 aliphatic rings. The second kappa shape index (κ2) is 6.16. The second-order valence-corrected chi connectivity index (χ2v) is 7.12. The number of aromatic nitrogens is 1. The van der Waals surface area contributed by atoms with Gasteiger partial charge in [0.2, 0.25) is 0 Å². The molecular weight excluding hydrogens is 314 g/mol. The number of thiazole rings is 1. The van der Waals surface area contributed by atoms with Crippen LogP contribution in [0.5, 0.6) is 0 Å². The van der Waals surface area contributed by atoms with E-state index in [-0.39, 0.29) is 12.6 Å². The Balaban J connectivity index is 1.68. The number of carbonyl (C=O) groups is 2. The lowest BCUT2D eigenvalue weighted by Crippen LogP contribution is -2.36. The fraction of sp³-hybridized carbons (Fsp3) is 0.438. The molecule has 1 aliphatic carbocycles. The van der Waals surface area contributed by atoms with Crippen LogP contribution < -0.4 is 5.32 Å². The molecule has 1 aromatic heterocycles. The highest BCUT2D eigenvalue weighted by molar-refractivity contribution is 7.18. The number of nitrogens with one attached hydrogen (secondary N) is 1. The second-order valence-electron chi connectivity index (χ2n) is 6.06. The molecule has 1 heterocycles. The summed E-state index contributed by atoms with van der Waals surface area (Å²) in [7, 11) is 1.59. The molecule has 0 saturated heterocycles. The number of benzene rings is 1. The summed E-state index contributed by atoms with van der Waals surface area (Å²) in [4.78, 5) is 29.0. The molecule has 1 saturated carbocycles. The lowest BCUT2D eigenvalue weighted by Gasteiger charge is -2.20. The molecule has 1 fully saturated rings. The molecule has 2 N–H and O–H groups in total. The number of nitrogens with zero attached hydrogens (tertiary/aromatic N) is 2. The lowest BCUT2D eigenvalue weighted by atomic mass is 10.2. The van der Waals surface area contributed by atoms with Crippen molar-refractivity contribution in [1.29, 1.82) is 0 Å². The number of carboxylic acids is 1. The molecule has 6 nitrogen and oxygen atoms in total. The van der Waals surface area contributed by atoms with Crippen LogP contribution in [0.4, 0.5) is 10.5 Å². The standard InChI is InChI=1S/C16H19N3O3S/c1-9(15(20)21)8-19(2)16(22)17-11-5-6-12-13(7-11)23-14(18-12)10-3-4-10/h5-7,9-10H,3-4,8H2,1-2H3,(H,17,22)(H,20,21). The minimum Gasteiger partial charge on any atom is -0.481 e. The molecule has 122 valence electrons. The first-order valence-electron chi connectivity index (χ1n) is 7.59. The van der Waals surface area contributed by atoms with Gasteiger partial charge in [-0.3, -0.25) is 4.79 Å². The van der Waals surface area contributed by atoms with Crippen LogP contribution in [0.3, 0.4) is 0 Å². The summed E-state index contributed by atoms with van der Waals surface area (Å²) in [5, 5.41) is 12.9. The Morgan fingerprint density at radius 1 is 1.48 bits per heavy atom. The van der Waals surface area contributed by atoms with Gasteiger partial charge in [0.05, 0.1) is 21.1 Å². The average Bonchev–Trinajstić information content (AvgIpc) is 3.26. The van der Waals surface area contributed by atoms with E-state index in [1.165, 1.54) is 22.7 Å². The van der Waals surface area contributed by atoms with Gasteiger partial charge in [0.15, 0.2) is 0 Å². The van der Waals surface area contributed by atoms with Crippen LogP contribution in [0.2, 0.25) is 0 Å². The Labute approximate surface area is 138 Å². The molecule has 0 bridgehead atoms. The number of anilines is 1. The Morgan fingerprint density at radius 3 is 2.87 bits per heavy atom. The van der Waals surface area contributed by atoms with Gasteiger partial charge in [-0.15, -0.1) is 11.3 Å². The van der Waals surface area contributed by atoms with Crippen LogP contribution in [-0.4, -0.2) is 40.6 Å². The predicted molar refractivity (Wildman–Crippen MR) is 90.0 cm³/mol. The monoisotopic (exact) mass is 333 g/mol. The van der Waals surface area contributed by atoms with Crippen LogP contribution in [0.15, 0.2) is 18.2 Å². The van der Waals surface area contributed by atoms with Crippen LogP contribution in [-0.2, 0) is 4.79 Å². The van der Waals surface area contributed by atoms with Crippen LogP contribution >= 0.6 is 11.3 Å². The lowest BCUT2D eigenvalue weighted by molar-refractivity contribution is -0.141. The van der Waals surface area contributed by atoms with Crippen molar-refractivity contribution < 1.29 is 14.7 Å². The molecule has 2 aromatic rings. The van der Waals surface area contributed by atoms with Gasteiger partial charge in [-0.2, -0.15) is 0 Å². The highest BCUT2D eigenvalue weighted by Crippen LogP contribution is 2.43. The van der Waals surface area contributed by atoms with Crippen molar-refractivity contribution in [3.05, 3.63) is 23.2 Å². The molecule has 0 radical (unpaired) electrons. The summed E-state index contributed by atoms with van der Waals surface area (Å²) < 4.78 is 1.06. The third kappa shape index (κ3) is 3.61. The minimum atomic E-state index is -0.914. The Hall–Kier alpha value is -2.15. The van der Waals surface area contributed by atoms with Crippen molar-refractivity contribution in [2.75, 3.05) is 18.9 Å². The summed E-state index contributed by atoms with van der Waals surface area (Å²) in [6, 6.07) is 5.34. The van der Waals surface area contributed by atoms with Crippen molar-refractivity contribution in [2.45, 2.75) is 25.7 Å². The summed E-state index contributed by atoms with van der Waals surface area (Å²) in [6.45, 7) is 1.74. The van der Waals surface area contributed by atoms with Crippen molar-refractivity contribution in [3.8, 4) is 0 Å². The van der Waals surface area contributed by atoms with E-state index in [2.05, 4.69) is 10.3 Å². The van der Waals surface area contributed by atoms with E-state index in [0.29, 0.717) is 11.6 Å². The maximum absolute atomic E-state index is 12.1. The summed E-state index contributed by atoms with van der Waals surface area (Å²) in [6.07, 6.45) is 2.44. The number of fused-ring (bicyclic) bond motifs is 1. The van der Waals surface area contributed by atoms with Crippen molar-refractivity contribution >= 4 is 39.2 Å². The Bertz CT molecular complexity index is 754. The van der Waals surface area contributed by atoms with E-state index in [1.807, 2.05) is 18.2 Å². The first-order chi connectivity index (χ1) is 10.9. The van der Waals surface area contributed by atoms with Gasteiger partial charge in [0.1, 0.15) is 0 Å². The molecule has 7 heteroatoms. The number of rotatable bonds is 5. The largest absolute Gasteiger partial charge is 0.481 e. The number of amides is 2. The van der Waals surface area contributed by atoms with E-state index in [1.54, 1.807) is 25.3 Å². The maximum Gasteiger partial charge on any atom is 0.321 e. The van der Waals surface area contributed by atoms with Gasteiger partial charge in [0, 0.05) is 25.2 Å². The van der Waals surface area contributed by atoms with Gasteiger partial charge in [0.25, 0.3) is 0 Å². The zero-order valence-corrected chi connectivity index (χ0v) is 13.9. The molecule has 2 amide bonds. The zero-order valence-electron chi connectivity index (χ0n) is 13.1. The maximum atomic E-state index is 12.1. The van der Waals surface area contributed by atoms with Crippen LogP contribution in [0, 0.1) is 5.92 Å². The molecule has 1 aromatic carbocycles.